The number of imide groups is 1. The van der Waals surface area contributed by atoms with Crippen molar-refractivity contribution in [1.29, 1.82) is 0 Å². The minimum Gasteiger partial charge on any atom is -0.355 e. The predicted octanol–water partition coefficient (Wildman–Crippen LogP) is 0.860. The van der Waals surface area contributed by atoms with Crippen LogP contribution in [0.4, 0.5) is 0 Å². The van der Waals surface area contributed by atoms with E-state index in [2.05, 4.69) is 16.0 Å². The number of nitrogens with two attached hydrogens (primary N) is 1. The Hall–Kier alpha value is -2.81. The first kappa shape index (κ1) is 22.9. The normalized spacial score (nSPS) is 13.1. The number of carbonyl (C=O) groups is 3. The molecule has 0 saturated heterocycles. The fourth-order valence-electron chi connectivity index (χ4n) is 3.70. The topological polar surface area (TPSA) is 117 Å². The van der Waals surface area contributed by atoms with E-state index in [1.165, 1.54) is 4.90 Å². The van der Waals surface area contributed by atoms with E-state index in [4.69, 9.17) is 5.73 Å². The minimum absolute atomic E-state index is 0.0949. The lowest BCUT2D eigenvalue weighted by Gasteiger charge is -2.27. The van der Waals surface area contributed by atoms with Gasteiger partial charge in [-0.05, 0) is 63.0 Å². The summed E-state index contributed by atoms with van der Waals surface area (Å²) in [7, 11) is 0. The Bertz CT molecular complexity index is 880. The number of hydrogen-bond donors (Lipinski definition) is 4. The molecule has 1 aliphatic heterocycles. The quantitative estimate of drug-likeness (QED) is 0.279. The average Bonchev–Trinajstić information content (AvgIpc) is 2.78. The first-order valence-electron chi connectivity index (χ1n) is 10.9. The van der Waals surface area contributed by atoms with E-state index in [1.54, 1.807) is 12.1 Å². The van der Waals surface area contributed by atoms with Crippen LogP contribution >= 0.6 is 0 Å². The van der Waals surface area contributed by atoms with Gasteiger partial charge in [-0.25, -0.2) is 0 Å². The van der Waals surface area contributed by atoms with Gasteiger partial charge in [0.1, 0.15) is 0 Å². The van der Waals surface area contributed by atoms with Gasteiger partial charge in [-0.2, -0.15) is 0 Å². The molecule has 2 aromatic rings. The monoisotopic (exact) mass is 425 g/mol. The molecule has 0 bridgehead atoms. The lowest BCUT2D eigenvalue weighted by molar-refractivity contribution is -0.120. The van der Waals surface area contributed by atoms with Gasteiger partial charge in [-0.15, -0.1) is 0 Å². The van der Waals surface area contributed by atoms with E-state index in [1.807, 2.05) is 24.3 Å². The maximum atomic E-state index is 12.8. The van der Waals surface area contributed by atoms with Crippen LogP contribution in [-0.2, 0) is 4.79 Å². The molecule has 1 aliphatic rings. The molecule has 2 aromatic carbocycles. The minimum atomic E-state index is -0.276. The van der Waals surface area contributed by atoms with Crippen molar-refractivity contribution in [1.82, 2.24) is 20.9 Å². The smallest absolute Gasteiger partial charge is 0.261 e. The van der Waals surface area contributed by atoms with Gasteiger partial charge in [0.25, 0.3) is 11.8 Å². The number of benzene rings is 2. The number of hydrogen-bond acceptors (Lipinski definition) is 6. The first-order chi connectivity index (χ1) is 15.1. The zero-order chi connectivity index (χ0) is 22.1. The Morgan fingerprint density at radius 1 is 0.839 bits per heavy atom. The molecule has 0 unspecified atom stereocenters. The van der Waals surface area contributed by atoms with Crippen LogP contribution in [0.1, 0.15) is 40.0 Å². The van der Waals surface area contributed by atoms with E-state index >= 15 is 0 Å². The van der Waals surface area contributed by atoms with Crippen molar-refractivity contribution in [3.05, 3.63) is 47.5 Å². The highest BCUT2D eigenvalue weighted by Crippen LogP contribution is 2.29. The molecule has 0 atom stereocenters. The molecule has 8 nitrogen and oxygen atoms in total. The molecule has 166 valence electrons. The van der Waals surface area contributed by atoms with Crippen LogP contribution in [0.15, 0.2) is 36.4 Å². The van der Waals surface area contributed by atoms with Crippen LogP contribution in [0.25, 0.3) is 10.8 Å². The Morgan fingerprint density at radius 3 is 2.16 bits per heavy atom. The van der Waals surface area contributed by atoms with Gasteiger partial charge < -0.3 is 21.7 Å². The van der Waals surface area contributed by atoms with E-state index in [0.717, 1.165) is 43.2 Å². The second kappa shape index (κ2) is 11.5. The Labute approximate surface area is 182 Å². The molecular formula is C23H31N5O3. The third-order valence-electron chi connectivity index (χ3n) is 5.29. The summed E-state index contributed by atoms with van der Waals surface area (Å²) >= 11 is 0. The molecule has 5 N–H and O–H groups in total. The lowest BCUT2D eigenvalue weighted by atomic mass is 9.94. The van der Waals surface area contributed by atoms with Crippen LogP contribution in [0.2, 0.25) is 0 Å². The van der Waals surface area contributed by atoms with E-state index < -0.39 is 0 Å². The summed E-state index contributed by atoms with van der Waals surface area (Å²) in [6.07, 6.45) is 2.41. The molecule has 3 rings (SSSR count). The fourth-order valence-corrected chi connectivity index (χ4v) is 3.70. The van der Waals surface area contributed by atoms with Gasteiger partial charge >= 0.3 is 0 Å². The maximum Gasteiger partial charge on any atom is 0.261 e. The zero-order valence-electron chi connectivity index (χ0n) is 17.8. The molecule has 8 heteroatoms. The van der Waals surface area contributed by atoms with Crippen molar-refractivity contribution >= 4 is 28.5 Å². The average molecular weight is 426 g/mol. The Morgan fingerprint density at radius 2 is 1.48 bits per heavy atom. The summed E-state index contributed by atoms with van der Waals surface area (Å²) in [5.41, 5.74) is 6.54. The Balaban J connectivity index is 1.37. The number of amides is 3. The van der Waals surface area contributed by atoms with Crippen molar-refractivity contribution in [3.8, 4) is 0 Å². The van der Waals surface area contributed by atoms with Gasteiger partial charge in [0.15, 0.2) is 0 Å². The summed E-state index contributed by atoms with van der Waals surface area (Å²) in [5.74, 6) is -0.646. The van der Waals surface area contributed by atoms with E-state index in [0.29, 0.717) is 30.6 Å². The van der Waals surface area contributed by atoms with E-state index in [-0.39, 0.29) is 30.8 Å². The molecule has 0 spiro atoms. The number of carbonyl (C=O) groups excluding carboxylic acids is 3. The summed E-state index contributed by atoms with van der Waals surface area (Å²) in [4.78, 5) is 38.9. The molecule has 3 amide bonds. The van der Waals surface area contributed by atoms with Crippen LogP contribution in [-0.4, -0.2) is 68.4 Å². The highest BCUT2D eigenvalue weighted by molar-refractivity contribution is 6.25. The van der Waals surface area contributed by atoms with Gasteiger partial charge in [0, 0.05) is 29.6 Å². The van der Waals surface area contributed by atoms with E-state index in [9.17, 15) is 14.4 Å². The second-order valence-electron chi connectivity index (χ2n) is 7.60. The van der Waals surface area contributed by atoms with Crippen LogP contribution in [0, 0.1) is 0 Å². The third-order valence-corrected chi connectivity index (χ3v) is 5.29. The van der Waals surface area contributed by atoms with Crippen molar-refractivity contribution in [3.63, 3.8) is 0 Å². The van der Waals surface area contributed by atoms with Crippen molar-refractivity contribution in [2.75, 3.05) is 45.8 Å². The van der Waals surface area contributed by atoms with Gasteiger partial charge in [0.2, 0.25) is 5.91 Å². The van der Waals surface area contributed by atoms with Crippen molar-refractivity contribution in [2.24, 2.45) is 5.73 Å². The molecule has 0 fully saturated rings. The number of nitrogens with zero attached hydrogens (tertiary/aromatic N) is 1. The molecule has 0 aromatic heterocycles. The van der Waals surface area contributed by atoms with Gasteiger partial charge in [-0.3, -0.25) is 19.3 Å². The van der Waals surface area contributed by atoms with Crippen molar-refractivity contribution in [2.45, 2.75) is 19.3 Å². The molecule has 0 saturated carbocycles. The standard InChI is InChI=1S/C23H31N5O3/c24-10-3-11-25-12-4-13-26-16-20(29)27-14-5-15-28-22(30)18-8-1-6-17-7-2-9-19(21(17)18)23(28)31/h1-2,6-9,25-26H,3-5,10-16,24H2,(H,27,29). The van der Waals surface area contributed by atoms with Gasteiger partial charge in [0.05, 0.1) is 6.54 Å². The maximum absolute atomic E-state index is 12.8. The molecule has 0 radical (unpaired) electrons. The predicted molar refractivity (Wildman–Crippen MR) is 121 cm³/mol. The van der Waals surface area contributed by atoms with Crippen molar-refractivity contribution < 1.29 is 14.4 Å². The van der Waals surface area contributed by atoms with Crippen LogP contribution in [0.3, 0.4) is 0 Å². The van der Waals surface area contributed by atoms with Crippen LogP contribution < -0.4 is 21.7 Å². The summed E-state index contributed by atoms with van der Waals surface area (Å²) < 4.78 is 0. The zero-order valence-corrected chi connectivity index (χ0v) is 17.8. The summed E-state index contributed by atoms with van der Waals surface area (Å²) in [6, 6.07) is 11.0. The number of rotatable bonds is 13. The lowest BCUT2D eigenvalue weighted by Crippen LogP contribution is -2.42. The highest BCUT2D eigenvalue weighted by Gasteiger charge is 2.32. The first-order valence-corrected chi connectivity index (χ1v) is 10.9. The van der Waals surface area contributed by atoms with Crippen LogP contribution in [0.5, 0.6) is 0 Å². The number of nitrogens with one attached hydrogen (secondary N) is 3. The molecule has 0 aliphatic carbocycles. The largest absolute Gasteiger partial charge is 0.355 e. The second-order valence-corrected chi connectivity index (χ2v) is 7.60. The summed E-state index contributed by atoms with van der Waals surface area (Å²) in [5, 5.41) is 10.8. The summed E-state index contributed by atoms with van der Waals surface area (Å²) in [6.45, 7) is 4.18. The Kier molecular flexibility index (Phi) is 8.52. The third kappa shape index (κ3) is 5.88. The highest BCUT2D eigenvalue weighted by atomic mass is 16.2. The molecule has 1 heterocycles. The SMILES string of the molecule is NCCCNCCCNCC(=O)NCCCN1C(=O)c2cccc3cccc(c23)C1=O. The molecular weight excluding hydrogens is 394 g/mol. The molecule has 31 heavy (non-hydrogen) atoms. The fraction of sp³-hybridized carbons (Fsp3) is 0.435. The van der Waals surface area contributed by atoms with Gasteiger partial charge in [-0.1, -0.05) is 24.3 Å².